The highest BCUT2D eigenvalue weighted by atomic mass is 14.0. The van der Waals surface area contributed by atoms with Crippen LogP contribution >= 0.6 is 0 Å². The third kappa shape index (κ3) is 2.59. The molecule has 0 bridgehead atoms. The molecule has 0 nitrogen and oxygen atoms in total. The lowest BCUT2D eigenvalue weighted by Crippen LogP contribution is -1.88. The van der Waals surface area contributed by atoms with E-state index in [0.29, 0.717) is 0 Å². The number of rotatable bonds is 2. The number of hydrogen-bond donors (Lipinski definition) is 0. The van der Waals surface area contributed by atoms with Crippen LogP contribution in [0.3, 0.4) is 0 Å². The number of benzene rings is 1. The quantitative estimate of drug-likeness (QED) is 0.654. The Labute approximate surface area is 86.0 Å². The van der Waals surface area contributed by atoms with Gasteiger partial charge in [0, 0.05) is 0 Å². The van der Waals surface area contributed by atoms with Crippen molar-refractivity contribution in [2.24, 2.45) is 0 Å². The molecule has 0 atom stereocenters. The highest BCUT2D eigenvalue weighted by Crippen LogP contribution is 2.16. The summed E-state index contributed by atoms with van der Waals surface area (Å²) in [5, 5.41) is 0. The average Bonchev–Trinajstić information content (AvgIpc) is 2.29. The summed E-state index contributed by atoms with van der Waals surface area (Å²) in [6, 6.07) is 10.6. The lowest BCUT2D eigenvalue weighted by molar-refractivity contribution is 0.817. The summed E-state index contributed by atoms with van der Waals surface area (Å²) in [4.78, 5) is 0. The van der Waals surface area contributed by atoms with Crippen molar-refractivity contribution in [3.05, 3.63) is 59.7 Å². The van der Waals surface area contributed by atoms with Crippen molar-refractivity contribution in [2.45, 2.75) is 25.7 Å². The molecule has 0 heterocycles. The molecule has 14 heavy (non-hydrogen) atoms. The van der Waals surface area contributed by atoms with Gasteiger partial charge in [-0.15, -0.1) is 0 Å². The summed E-state index contributed by atoms with van der Waals surface area (Å²) in [5.41, 5.74) is 2.90. The van der Waals surface area contributed by atoms with Crippen LogP contribution in [-0.4, -0.2) is 0 Å². The molecule has 0 saturated carbocycles. The van der Waals surface area contributed by atoms with Gasteiger partial charge in [0.2, 0.25) is 0 Å². The van der Waals surface area contributed by atoms with Gasteiger partial charge in [0.15, 0.2) is 0 Å². The van der Waals surface area contributed by atoms with Gasteiger partial charge in [-0.3, -0.25) is 0 Å². The molecule has 0 radical (unpaired) electrons. The van der Waals surface area contributed by atoms with Crippen molar-refractivity contribution in [1.29, 1.82) is 0 Å². The van der Waals surface area contributed by atoms with E-state index < -0.39 is 0 Å². The minimum absolute atomic E-state index is 1.07. The highest BCUT2D eigenvalue weighted by molar-refractivity contribution is 5.25. The van der Waals surface area contributed by atoms with Crippen molar-refractivity contribution in [3.63, 3.8) is 0 Å². The fourth-order valence-corrected chi connectivity index (χ4v) is 1.78. The standard InChI is InChI=1S/C14H16/c1-3-7-13(8-4-1)11-12-14-9-5-2-6-10-14/h1,3-5,7-9,12H,2,6,10-11H2. The Morgan fingerprint density at radius 2 is 2.00 bits per heavy atom. The van der Waals surface area contributed by atoms with E-state index in [0.717, 1.165) is 6.42 Å². The molecule has 2 rings (SSSR count). The van der Waals surface area contributed by atoms with Crippen LogP contribution in [0.15, 0.2) is 54.1 Å². The summed E-state index contributed by atoms with van der Waals surface area (Å²) in [5.74, 6) is 0. The third-order valence-corrected chi connectivity index (χ3v) is 2.61. The Balaban J connectivity index is 1.99. The SMILES string of the molecule is C1=CC(=CCc2ccccc2)CCC1. The van der Waals surface area contributed by atoms with Crippen LogP contribution in [0.2, 0.25) is 0 Å². The Bertz CT molecular complexity index is 330. The second kappa shape index (κ2) is 4.80. The second-order valence-electron chi connectivity index (χ2n) is 3.76. The van der Waals surface area contributed by atoms with Crippen molar-refractivity contribution in [2.75, 3.05) is 0 Å². The zero-order chi connectivity index (χ0) is 9.64. The number of allylic oxidation sites excluding steroid dienone is 4. The molecular formula is C14H16. The van der Waals surface area contributed by atoms with Crippen LogP contribution < -0.4 is 0 Å². The molecule has 0 heteroatoms. The van der Waals surface area contributed by atoms with Gasteiger partial charge < -0.3 is 0 Å². The Kier molecular flexibility index (Phi) is 3.18. The lowest BCUT2D eigenvalue weighted by atomic mass is 10.00. The number of hydrogen-bond acceptors (Lipinski definition) is 0. The zero-order valence-corrected chi connectivity index (χ0v) is 8.45. The van der Waals surface area contributed by atoms with E-state index in [1.807, 2.05) is 0 Å². The molecule has 1 aliphatic carbocycles. The van der Waals surface area contributed by atoms with Crippen LogP contribution in [0.4, 0.5) is 0 Å². The van der Waals surface area contributed by atoms with Gasteiger partial charge in [-0.25, -0.2) is 0 Å². The van der Waals surface area contributed by atoms with E-state index in [-0.39, 0.29) is 0 Å². The normalized spacial score (nSPS) is 18.7. The van der Waals surface area contributed by atoms with E-state index in [9.17, 15) is 0 Å². The van der Waals surface area contributed by atoms with E-state index in [1.54, 1.807) is 0 Å². The molecule has 0 fully saturated rings. The van der Waals surface area contributed by atoms with Crippen molar-refractivity contribution >= 4 is 0 Å². The smallest absolute Gasteiger partial charge is 0.00916 e. The molecule has 0 unspecified atom stereocenters. The fourth-order valence-electron chi connectivity index (χ4n) is 1.78. The molecule has 0 aliphatic heterocycles. The van der Waals surface area contributed by atoms with Crippen molar-refractivity contribution in [3.8, 4) is 0 Å². The van der Waals surface area contributed by atoms with Crippen LogP contribution in [0.5, 0.6) is 0 Å². The van der Waals surface area contributed by atoms with Crippen molar-refractivity contribution in [1.82, 2.24) is 0 Å². The predicted molar refractivity (Wildman–Crippen MR) is 61.2 cm³/mol. The molecule has 0 aromatic heterocycles. The van der Waals surface area contributed by atoms with E-state index in [4.69, 9.17) is 0 Å². The molecule has 0 saturated heterocycles. The van der Waals surface area contributed by atoms with Gasteiger partial charge in [0.25, 0.3) is 0 Å². The summed E-state index contributed by atoms with van der Waals surface area (Å²) >= 11 is 0. The molecule has 72 valence electrons. The van der Waals surface area contributed by atoms with Gasteiger partial charge in [-0.2, -0.15) is 0 Å². The topological polar surface area (TPSA) is 0 Å². The molecule has 1 aromatic carbocycles. The minimum Gasteiger partial charge on any atom is -0.0843 e. The van der Waals surface area contributed by atoms with Crippen molar-refractivity contribution < 1.29 is 0 Å². The average molecular weight is 184 g/mol. The summed E-state index contributed by atoms with van der Waals surface area (Å²) in [7, 11) is 0. The fraction of sp³-hybridized carbons (Fsp3) is 0.286. The summed E-state index contributed by atoms with van der Waals surface area (Å²) in [6.07, 6.45) is 11.8. The van der Waals surface area contributed by atoms with Gasteiger partial charge in [0.1, 0.15) is 0 Å². The Morgan fingerprint density at radius 3 is 2.71 bits per heavy atom. The Hall–Kier alpha value is -1.30. The van der Waals surface area contributed by atoms with Crippen LogP contribution in [0.1, 0.15) is 24.8 Å². The van der Waals surface area contributed by atoms with Crippen LogP contribution in [0.25, 0.3) is 0 Å². The maximum absolute atomic E-state index is 2.35. The van der Waals surface area contributed by atoms with Gasteiger partial charge >= 0.3 is 0 Å². The van der Waals surface area contributed by atoms with E-state index >= 15 is 0 Å². The van der Waals surface area contributed by atoms with Gasteiger partial charge in [-0.05, 0) is 31.2 Å². The predicted octanol–water partition coefficient (Wildman–Crippen LogP) is 3.90. The maximum Gasteiger partial charge on any atom is -0.00916 e. The maximum atomic E-state index is 2.35. The second-order valence-corrected chi connectivity index (χ2v) is 3.76. The highest BCUT2D eigenvalue weighted by Gasteiger charge is 1.97. The minimum atomic E-state index is 1.07. The first-order valence-electron chi connectivity index (χ1n) is 5.34. The summed E-state index contributed by atoms with van der Waals surface area (Å²) in [6.45, 7) is 0. The largest absolute Gasteiger partial charge is 0.0843 e. The first-order valence-corrected chi connectivity index (χ1v) is 5.34. The molecule has 0 amide bonds. The van der Waals surface area contributed by atoms with Gasteiger partial charge in [-0.1, -0.05) is 54.1 Å². The molecule has 1 aromatic rings. The lowest BCUT2D eigenvalue weighted by Gasteiger charge is -2.06. The zero-order valence-electron chi connectivity index (χ0n) is 8.45. The van der Waals surface area contributed by atoms with E-state index in [2.05, 4.69) is 48.6 Å². The molecular weight excluding hydrogens is 168 g/mol. The van der Waals surface area contributed by atoms with Crippen LogP contribution in [0, 0.1) is 0 Å². The summed E-state index contributed by atoms with van der Waals surface area (Å²) < 4.78 is 0. The molecule has 1 aliphatic rings. The third-order valence-electron chi connectivity index (χ3n) is 2.61. The Morgan fingerprint density at radius 1 is 1.14 bits per heavy atom. The van der Waals surface area contributed by atoms with E-state index in [1.165, 1.54) is 30.4 Å². The first-order chi connectivity index (χ1) is 6.95. The molecule has 0 spiro atoms. The van der Waals surface area contributed by atoms with Crippen LogP contribution in [-0.2, 0) is 6.42 Å². The monoisotopic (exact) mass is 184 g/mol. The first kappa shape index (κ1) is 9.26. The molecule has 0 N–H and O–H groups in total. The van der Waals surface area contributed by atoms with Gasteiger partial charge in [0.05, 0.1) is 0 Å².